The Hall–Kier alpha value is -3.08. The number of nitriles is 1. The van der Waals surface area contributed by atoms with Gasteiger partial charge in [0.15, 0.2) is 6.19 Å². The molecule has 3 rings (SSSR count). The highest BCUT2D eigenvalue weighted by Gasteiger charge is 2.30. The van der Waals surface area contributed by atoms with Crippen molar-refractivity contribution >= 4 is 5.91 Å². The van der Waals surface area contributed by atoms with E-state index in [4.69, 9.17) is 14.5 Å². The molecule has 1 atom stereocenters. The summed E-state index contributed by atoms with van der Waals surface area (Å²) in [4.78, 5) is 19.8. The Morgan fingerprint density at radius 3 is 3.08 bits per heavy atom. The molecular formula is C16H17N5O3. The predicted molar refractivity (Wildman–Crippen MR) is 84.0 cm³/mol. The molecule has 24 heavy (non-hydrogen) atoms. The van der Waals surface area contributed by atoms with E-state index in [1.54, 1.807) is 41.2 Å². The zero-order chi connectivity index (χ0) is 17.1. The fourth-order valence-corrected chi connectivity index (χ4v) is 2.68. The van der Waals surface area contributed by atoms with Gasteiger partial charge in [-0.2, -0.15) is 5.26 Å². The molecular weight excluding hydrogens is 310 g/mol. The summed E-state index contributed by atoms with van der Waals surface area (Å²) in [7, 11) is 3.25. The Labute approximate surface area is 139 Å². The van der Waals surface area contributed by atoms with Crippen LogP contribution in [0.5, 0.6) is 5.88 Å². The molecule has 1 fully saturated rings. The summed E-state index contributed by atoms with van der Waals surface area (Å²) in [6.07, 6.45) is 4.47. The number of nitrogens with zero attached hydrogens (tertiary/aromatic N) is 5. The second-order valence-corrected chi connectivity index (χ2v) is 5.57. The van der Waals surface area contributed by atoms with Crippen LogP contribution in [-0.4, -0.2) is 59.1 Å². The van der Waals surface area contributed by atoms with E-state index in [-0.39, 0.29) is 17.7 Å². The van der Waals surface area contributed by atoms with Crippen molar-refractivity contribution in [3.63, 3.8) is 0 Å². The van der Waals surface area contributed by atoms with Gasteiger partial charge in [-0.25, -0.2) is 4.98 Å². The summed E-state index contributed by atoms with van der Waals surface area (Å²) in [5, 5.41) is 12.9. The average molecular weight is 327 g/mol. The summed E-state index contributed by atoms with van der Waals surface area (Å²) in [5.74, 6) is 0.376. The van der Waals surface area contributed by atoms with Crippen molar-refractivity contribution in [2.45, 2.75) is 12.5 Å². The molecule has 0 aliphatic carbocycles. The van der Waals surface area contributed by atoms with Crippen molar-refractivity contribution in [3.8, 4) is 23.3 Å². The van der Waals surface area contributed by atoms with Gasteiger partial charge in [0, 0.05) is 44.0 Å². The zero-order valence-corrected chi connectivity index (χ0v) is 13.5. The summed E-state index contributed by atoms with van der Waals surface area (Å²) in [6, 6.07) is 5.08. The minimum atomic E-state index is -0.250. The first-order chi connectivity index (χ1) is 11.6. The molecule has 1 aliphatic rings. The third-order valence-electron chi connectivity index (χ3n) is 4.13. The van der Waals surface area contributed by atoms with Crippen molar-refractivity contribution < 1.29 is 14.1 Å². The van der Waals surface area contributed by atoms with E-state index in [2.05, 4.69) is 16.3 Å². The molecule has 3 heterocycles. The van der Waals surface area contributed by atoms with E-state index in [0.717, 1.165) is 12.0 Å². The summed E-state index contributed by atoms with van der Waals surface area (Å²) in [5.41, 5.74) is 1.29. The van der Waals surface area contributed by atoms with E-state index < -0.39 is 0 Å². The average Bonchev–Trinajstić information content (AvgIpc) is 3.29. The lowest BCUT2D eigenvalue weighted by atomic mass is 10.1. The molecule has 0 spiro atoms. The number of methoxy groups -OCH3 is 1. The molecule has 1 amide bonds. The van der Waals surface area contributed by atoms with Gasteiger partial charge in [0.2, 0.25) is 11.6 Å². The maximum Gasteiger partial charge on any atom is 0.292 e. The SMILES string of the molecule is COc1cc(-c2cc(C(=O)N(C)[C@@H]3CCN(C#N)C3)on2)ccn1. The molecule has 0 saturated carbocycles. The first-order valence-corrected chi connectivity index (χ1v) is 7.51. The Morgan fingerprint density at radius 1 is 1.54 bits per heavy atom. The van der Waals surface area contributed by atoms with Gasteiger partial charge < -0.3 is 19.1 Å². The Bertz CT molecular complexity index is 782. The van der Waals surface area contributed by atoms with Crippen molar-refractivity contribution in [2.75, 3.05) is 27.2 Å². The number of aromatic nitrogens is 2. The standard InChI is InChI=1S/C16H17N5O3/c1-20(12-4-6-21(9-12)10-17)16(22)14-8-13(19-24-14)11-3-5-18-15(7-11)23-2/h3,5,7-8,12H,4,6,9H2,1-2H3/t12-/m1/s1. The van der Waals surface area contributed by atoms with Gasteiger partial charge in [-0.1, -0.05) is 5.16 Å². The number of pyridine rings is 1. The number of likely N-dealkylation sites (N-methyl/N-ethyl adjacent to an activating group) is 1. The summed E-state index contributed by atoms with van der Waals surface area (Å²) < 4.78 is 10.3. The van der Waals surface area contributed by atoms with Crippen LogP contribution >= 0.6 is 0 Å². The van der Waals surface area contributed by atoms with Crippen LogP contribution in [0.15, 0.2) is 28.9 Å². The van der Waals surface area contributed by atoms with Gasteiger partial charge in [-0.05, 0) is 12.5 Å². The highest BCUT2D eigenvalue weighted by atomic mass is 16.5. The lowest BCUT2D eigenvalue weighted by Crippen LogP contribution is -2.38. The predicted octanol–water partition coefficient (Wildman–Crippen LogP) is 1.37. The van der Waals surface area contributed by atoms with Gasteiger partial charge in [0.05, 0.1) is 13.2 Å². The lowest BCUT2D eigenvalue weighted by molar-refractivity contribution is 0.0697. The number of amides is 1. The monoisotopic (exact) mass is 327 g/mol. The third kappa shape index (κ3) is 3.01. The Morgan fingerprint density at radius 2 is 2.38 bits per heavy atom. The lowest BCUT2D eigenvalue weighted by Gasteiger charge is -2.22. The molecule has 2 aromatic heterocycles. The van der Waals surface area contributed by atoms with Crippen molar-refractivity contribution in [1.82, 2.24) is 19.9 Å². The molecule has 0 unspecified atom stereocenters. The van der Waals surface area contributed by atoms with Crippen LogP contribution in [0.25, 0.3) is 11.3 Å². The number of carbonyl (C=O) groups is 1. The molecule has 8 nitrogen and oxygen atoms in total. The minimum absolute atomic E-state index is 0.00767. The molecule has 8 heteroatoms. The van der Waals surface area contributed by atoms with E-state index in [0.29, 0.717) is 24.7 Å². The normalized spacial score (nSPS) is 16.7. The fraction of sp³-hybridized carbons (Fsp3) is 0.375. The third-order valence-corrected chi connectivity index (χ3v) is 4.13. The molecule has 0 bridgehead atoms. The first kappa shape index (κ1) is 15.8. The number of carbonyl (C=O) groups excluding carboxylic acids is 1. The van der Waals surface area contributed by atoms with Crippen LogP contribution in [0.2, 0.25) is 0 Å². The molecule has 1 saturated heterocycles. The summed E-state index contributed by atoms with van der Waals surface area (Å²) in [6.45, 7) is 1.21. The number of ether oxygens (including phenoxy) is 1. The quantitative estimate of drug-likeness (QED) is 0.783. The van der Waals surface area contributed by atoms with Crippen LogP contribution in [0, 0.1) is 11.5 Å². The number of hydrogen-bond acceptors (Lipinski definition) is 7. The van der Waals surface area contributed by atoms with Gasteiger partial charge >= 0.3 is 0 Å². The van der Waals surface area contributed by atoms with Gasteiger partial charge in [-0.3, -0.25) is 4.79 Å². The zero-order valence-electron chi connectivity index (χ0n) is 13.5. The van der Waals surface area contributed by atoms with Crippen molar-refractivity contribution in [2.24, 2.45) is 0 Å². The van der Waals surface area contributed by atoms with Gasteiger partial charge in [-0.15, -0.1) is 0 Å². The fourth-order valence-electron chi connectivity index (χ4n) is 2.68. The van der Waals surface area contributed by atoms with E-state index in [1.165, 1.54) is 7.11 Å². The molecule has 2 aromatic rings. The largest absolute Gasteiger partial charge is 0.481 e. The Balaban J connectivity index is 1.75. The first-order valence-electron chi connectivity index (χ1n) is 7.51. The maximum absolute atomic E-state index is 12.5. The van der Waals surface area contributed by atoms with Crippen molar-refractivity contribution in [3.05, 3.63) is 30.2 Å². The van der Waals surface area contributed by atoms with Crippen LogP contribution in [0.1, 0.15) is 17.0 Å². The van der Waals surface area contributed by atoms with E-state index >= 15 is 0 Å². The second kappa shape index (κ2) is 6.58. The highest BCUT2D eigenvalue weighted by Crippen LogP contribution is 2.23. The number of hydrogen-bond donors (Lipinski definition) is 0. The number of likely N-dealkylation sites (tertiary alicyclic amines) is 1. The molecule has 0 aromatic carbocycles. The van der Waals surface area contributed by atoms with E-state index in [9.17, 15) is 4.79 Å². The molecule has 0 radical (unpaired) electrons. The van der Waals surface area contributed by atoms with Crippen LogP contribution in [-0.2, 0) is 0 Å². The van der Waals surface area contributed by atoms with Gasteiger partial charge in [0.25, 0.3) is 5.91 Å². The number of rotatable bonds is 4. The topological polar surface area (TPSA) is 95.5 Å². The molecule has 124 valence electrons. The van der Waals surface area contributed by atoms with E-state index in [1.807, 2.05) is 0 Å². The molecule has 0 N–H and O–H groups in total. The summed E-state index contributed by atoms with van der Waals surface area (Å²) >= 11 is 0. The van der Waals surface area contributed by atoms with Crippen LogP contribution < -0.4 is 4.74 Å². The second-order valence-electron chi connectivity index (χ2n) is 5.57. The minimum Gasteiger partial charge on any atom is -0.481 e. The maximum atomic E-state index is 12.5. The van der Waals surface area contributed by atoms with Crippen LogP contribution in [0.4, 0.5) is 0 Å². The van der Waals surface area contributed by atoms with Gasteiger partial charge in [0.1, 0.15) is 5.69 Å². The highest BCUT2D eigenvalue weighted by molar-refractivity contribution is 5.92. The van der Waals surface area contributed by atoms with Crippen LogP contribution in [0.3, 0.4) is 0 Å². The molecule has 1 aliphatic heterocycles. The Kier molecular flexibility index (Phi) is 4.33. The smallest absolute Gasteiger partial charge is 0.292 e. The van der Waals surface area contributed by atoms with Crippen molar-refractivity contribution in [1.29, 1.82) is 5.26 Å².